The third-order valence-electron chi connectivity index (χ3n) is 11.0. The quantitative estimate of drug-likeness (QED) is 0.0938. The predicted octanol–water partition coefficient (Wildman–Crippen LogP) is 8.05. The molecule has 0 saturated carbocycles. The summed E-state index contributed by atoms with van der Waals surface area (Å²) < 4.78 is 28.3. The molecule has 0 bridgehead atoms. The minimum atomic E-state index is -2.47. The van der Waals surface area contributed by atoms with Crippen LogP contribution in [0, 0.1) is 6.92 Å². The van der Waals surface area contributed by atoms with Crippen molar-refractivity contribution in [3.05, 3.63) is 150 Å². The van der Waals surface area contributed by atoms with Crippen LogP contribution in [0.1, 0.15) is 59.6 Å². The van der Waals surface area contributed by atoms with E-state index in [0.29, 0.717) is 16.7 Å². The fourth-order valence-electron chi connectivity index (χ4n) is 6.89. The van der Waals surface area contributed by atoms with Crippen molar-refractivity contribution in [3.8, 4) is 5.75 Å². The Kier molecular flexibility index (Phi) is 10.9. The Bertz CT molecular complexity index is 2260. The highest BCUT2D eigenvalue weighted by molar-refractivity contribution is 6.74. The van der Waals surface area contributed by atoms with Crippen LogP contribution < -0.4 is 10.1 Å². The van der Waals surface area contributed by atoms with Crippen LogP contribution in [0.4, 0.5) is 5.82 Å². The zero-order valence-corrected chi connectivity index (χ0v) is 33.8. The standard InChI is InChI=1S/C44H49N5O6Si/c1-29-18-20-32(21-19-29)44(31-16-12-9-13-17-31,33-22-24-34(52-5)25-23-33)53-26-35-38(55-56(6,7)43(2,3)4)37(50)42(54-35)49-28-47-36-39(45-27-46-40(36)49)48-41(51)30-14-10-8-11-15-30/h8-25,27-28,35,37-38,42,50H,26H2,1-7H3,(H,45,46,48,51)/t35-,37+,38?,42-,44?/m1/s1. The van der Waals surface area contributed by atoms with Gasteiger partial charge in [0.1, 0.15) is 36.0 Å². The molecule has 1 aliphatic heterocycles. The van der Waals surface area contributed by atoms with E-state index in [9.17, 15) is 9.90 Å². The molecule has 11 nitrogen and oxygen atoms in total. The van der Waals surface area contributed by atoms with Crippen LogP contribution in [-0.2, 0) is 19.5 Å². The number of benzene rings is 4. The number of imidazole rings is 1. The van der Waals surface area contributed by atoms with Crippen molar-refractivity contribution in [3.63, 3.8) is 0 Å². The van der Waals surface area contributed by atoms with Gasteiger partial charge in [0.25, 0.3) is 5.91 Å². The lowest BCUT2D eigenvalue weighted by Gasteiger charge is -2.41. The van der Waals surface area contributed by atoms with Crippen LogP contribution in [-0.4, -0.2) is 70.9 Å². The number of amides is 1. The molecule has 0 aliphatic carbocycles. The fraction of sp³-hybridized carbons (Fsp3) is 0.318. The SMILES string of the molecule is COc1ccc(C(OC[C@H]2O[C@@H](n3cnc4c(NC(=O)c5ccccc5)ncnc43)[C@@H](O)C2O[Si](C)(C)C(C)(C)C)(c2ccccc2)c2ccc(C)cc2)cc1. The number of rotatable bonds is 12. The number of fused-ring (bicyclic) bond motifs is 1. The average molecular weight is 772 g/mol. The Morgan fingerprint density at radius 2 is 1.46 bits per heavy atom. The van der Waals surface area contributed by atoms with Crippen molar-refractivity contribution in [2.24, 2.45) is 0 Å². The van der Waals surface area contributed by atoms with Crippen LogP contribution in [0.15, 0.2) is 122 Å². The summed E-state index contributed by atoms with van der Waals surface area (Å²) in [5.41, 5.74) is 4.02. The molecule has 0 radical (unpaired) electrons. The van der Waals surface area contributed by atoms with Gasteiger partial charge >= 0.3 is 0 Å². The number of nitrogens with one attached hydrogen (secondary N) is 1. The molecule has 1 saturated heterocycles. The summed E-state index contributed by atoms with van der Waals surface area (Å²) >= 11 is 0. The first-order chi connectivity index (χ1) is 26.8. The van der Waals surface area contributed by atoms with E-state index in [-0.39, 0.29) is 23.4 Å². The molecule has 2 aromatic heterocycles. The minimum absolute atomic E-state index is 0.0572. The maximum atomic E-state index is 13.1. The third kappa shape index (κ3) is 7.50. The van der Waals surface area contributed by atoms with E-state index in [1.807, 2.05) is 48.5 Å². The maximum Gasteiger partial charge on any atom is 0.256 e. The molecule has 2 unspecified atom stereocenters. The minimum Gasteiger partial charge on any atom is -0.497 e. The highest BCUT2D eigenvalue weighted by Gasteiger charge is 2.52. The molecule has 7 rings (SSSR count). The number of aromatic nitrogens is 4. The molecule has 6 aromatic rings. The van der Waals surface area contributed by atoms with Gasteiger partial charge in [0, 0.05) is 5.56 Å². The van der Waals surface area contributed by atoms with Gasteiger partial charge in [0.15, 0.2) is 31.5 Å². The second-order valence-electron chi connectivity index (χ2n) is 15.7. The summed E-state index contributed by atoms with van der Waals surface area (Å²) in [6.07, 6.45) is -0.638. The average Bonchev–Trinajstić information content (AvgIpc) is 3.76. The molecule has 1 aliphatic rings. The van der Waals surface area contributed by atoms with E-state index < -0.39 is 38.5 Å². The lowest BCUT2D eigenvalue weighted by Crippen LogP contribution is -2.50. The topological polar surface area (TPSA) is 130 Å². The summed E-state index contributed by atoms with van der Waals surface area (Å²) in [7, 11) is -0.825. The van der Waals surface area contributed by atoms with E-state index in [1.54, 1.807) is 42.3 Å². The predicted molar refractivity (Wildman–Crippen MR) is 218 cm³/mol. The van der Waals surface area contributed by atoms with Gasteiger partial charge in [-0.1, -0.05) is 111 Å². The van der Waals surface area contributed by atoms with Gasteiger partial charge in [0.05, 0.1) is 20.0 Å². The molecule has 3 heterocycles. The summed E-state index contributed by atoms with van der Waals surface area (Å²) in [5, 5.41) is 15.0. The molecular weight excluding hydrogens is 723 g/mol. The lowest BCUT2D eigenvalue weighted by molar-refractivity contribution is -0.0930. The van der Waals surface area contributed by atoms with E-state index in [2.05, 4.69) is 97.5 Å². The van der Waals surface area contributed by atoms with E-state index >= 15 is 0 Å². The Morgan fingerprint density at radius 1 is 0.857 bits per heavy atom. The van der Waals surface area contributed by atoms with Crippen molar-refractivity contribution in [1.82, 2.24) is 19.5 Å². The van der Waals surface area contributed by atoms with Gasteiger partial charge in [-0.15, -0.1) is 0 Å². The van der Waals surface area contributed by atoms with E-state index in [4.69, 9.17) is 18.6 Å². The van der Waals surface area contributed by atoms with Crippen molar-refractivity contribution in [2.45, 2.75) is 76.0 Å². The number of hydrogen-bond acceptors (Lipinski definition) is 9. The Morgan fingerprint density at radius 3 is 2.09 bits per heavy atom. The Labute approximate surface area is 328 Å². The van der Waals surface area contributed by atoms with Gasteiger partial charge in [-0.05, 0) is 66.0 Å². The lowest BCUT2D eigenvalue weighted by atomic mass is 9.79. The number of carbonyl (C=O) groups excluding carboxylic acids is 1. The van der Waals surface area contributed by atoms with Crippen molar-refractivity contribution in [2.75, 3.05) is 19.0 Å². The number of anilines is 1. The Balaban J connectivity index is 1.28. The molecule has 1 fully saturated rings. The van der Waals surface area contributed by atoms with Crippen molar-refractivity contribution >= 4 is 31.2 Å². The van der Waals surface area contributed by atoms with Crippen LogP contribution in [0.25, 0.3) is 11.2 Å². The van der Waals surface area contributed by atoms with Gasteiger partial charge in [-0.2, -0.15) is 0 Å². The molecule has 4 aromatic carbocycles. The number of hydrogen-bond donors (Lipinski definition) is 2. The molecule has 12 heteroatoms. The first-order valence-corrected chi connectivity index (χ1v) is 21.7. The molecule has 290 valence electrons. The number of nitrogens with zero attached hydrogens (tertiary/aromatic N) is 4. The van der Waals surface area contributed by atoms with Gasteiger partial charge in [-0.25, -0.2) is 15.0 Å². The largest absolute Gasteiger partial charge is 0.497 e. The van der Waals surface area contributed by atoms with Gasteiger partial charge in [-0.3, -0.25) is 9.36 Å². The molecular formula is C44H49N5O6Si. The molecule has 0 spiro atoms. The zero-order chi connectivity index (χ0) is 39.7. The normalized spacial score (nSPS) is 19.8. The summed E-state index contributed by atoms with van der Waals surface area (Å²) in [6.45, 7) is 12.9. The van der Waals surface area contributed by atoms with Crippen LogP contribution in [0.5, 0.6) is 5.75 Å². The highest BCUT2D eigenvalue weighted by Crippen LogP contribution is 2.45. The van der Waals surface area contributed by atoms with Crippen molar-refractivity contribution < 1.29 is 28.5 Å². The van der Waals surface area contributed by atoms with Gasteiger partial charge in [0.2, 0.25) is 0 Å². The second-order valence-corrected chi connectivity index (χ2v) is 20.5. The monoisotopic (exact) mass is 771 g/mol. The number of aliphatic hydroxyl groups excluding tert-OH is 1. The summed E-state index contributed by atoms with van der Waals surface area (Å²) in [4.78, 5) is 26.5. The first-order valence-electron chi connectivity index (χ1n) is 18.8. The van der Waals surface area contributed by atoms with Crippen LogP contribution in [0.2, 0.25) is 18.1 Å². The number of ether oxygens (including phenoxy) is 3. The molecule has 2 N–H and O–H groups in total. The number of aryl methyl sites for hydroxylation is 1. The zero-order valence-electron chi connectivity index (χ0n) is 32.8. The summed E-state index contributed by atoms with van der Waals surface area (Å²) in [6, 6.07) is 35.2. The van der Waals surface area contributed by atoms with E-state index in [1.165, 1.54) is 6.33 Å². The van der Waals surface area contributed by atoms with Crippen LogP contribution in [0.3, 0.4) is 0 Å². The van der Waals surface area contributed by atoms with Crippen molar-refractivity contribution in [1.29, 1.82) is 0 Å². The van der Waals surface area contributed by atoms with E-state index in [0.717, 1.165) is 28.0 Å². The number of methoxy groups -OCH3 is 1. The van der Waals surface area contributed by atoms with Gasteiger partial charge < -0.3 is 29.1 Å². The first kappa shape index (κ1) is 39.0. The smallest absolute Gasteiger partial charge is 0.256 e. The maximum absolute atomic E-state index is 13.1. The third-order valence-corrected chi connectivity index (χ3v) is 15.5. The number of carbonyl (C=O) groups is 1. The second kappa shape index (κ2) is 15.7. The molecule has 1 amide bonds. The summed E-state index contributed by atoms with van der Waals surface area (Å²) in [5.74, 6) is 0.644. The molecule has 56 heavy (non-hydrogen) atoms. The molecule has 5 atom stereocenters. The highest BCUT2D eigenvalue weighted by atomic mass is 28.4. The van der Waals surface area contributed by atoms with Crippen LogP contribution >= 0.6 is 0 Å². The number of aliphatic hydroxyl groups is 1. The fourth-order valence-corrected chi connectivity index (χ4v) is 8.21. The Hall–Kier alpha value is -5.24.